The fourth-order valence-corrected chi connectivity index (χ4v) is 14.2. The molecule has 5 heteroatoms. The maximum absolute atomic E-state index is 7.52. The Morgan fingerprint density at radius 2 is 0.512 bits per heavy atom. The summed E-state index contributed by atoms with van der Waals surface area (Å²) in [6.07, 6.45) is 32.3. The monoisotopic (exact) mass is 646 g/mol. The summed E-state index contributed by atoms with van der Waals surface area (Å²) in [6, 6.07) is 0. The van der Waals surface area contributed by atoms with E-state index in [1.165, 1.54) is 193 Å². The van der Waals surface area contributed by atoms with Gasteiger partial charge in [0.15, 0.2) is 0 Å². The van der Waals surface area contributed by atoms with Crippen molar-refractivity contribution in [3.63, 3.8) is 0 Å². The van der Waals surface area contributed by atoms with Gasteiger partial charge < -0.3 is 0 Å². The molecule has 4 nitrogen and oxygen atoms in total. The van der Waals surface area contributed by atoms with Gasteiger partial charge in [0.1, 0.15) is 0 Å². The molecule has 0 aliphatic carbocycles. The average Bonchev–Trinajstić information content (AvgIpc) is 3.01. The Bertz CT molecular complexity index is 444. The van der Waals surface area contributed by atoms with Crippen molar-refractivity contribution in [3.8, 4) is 0 Å². The van der Waals surface area contributed by atoms with E-state index in [9.17, 15) is 0 Å². The van der Waals surface area contributed by atoms with Crippen molar-refractivity contribution in [2.24, 2.45) is 0 Å². The van der Waals surface area contributed by atoms with Gasteiger partial charge in [-0.05, 0) is 0 Å². The number of hydrogen-bond acceptors (Lipinski definition) is 4. The minimum atomic E-state index is -3.29. The zero-order valence-corrected chi connectivity index (χ0v) is 32.7. The van der Waals surface area contributed by atoms with Gasteiger partial charge in [0.05, 0.1) is 0 Å². The molecule has 0 saturated heterocycles. The van der Waals surface area contributed by atoms with Gasteiger partial charge >= 0.3 is 280 Å². The topological polar surface area (TPSA) is 19.0 Å². The number of nitrogens with zero attached hydrogens (tertiary/aromatic N) is 3. The van der Waals surface area contributed by atoms with Crippen LogP contribution in [0, 0.1) is 0 Å². The molecule has 0 bridgehead atoms. The van der Waals surface area contributed by atoms with Gasteiger partial charge in [-0.2, -0.15) is 0 Å². The zero-order valence-electron chi connectivity index (χ0n) is 31.2. The van der Waals surface area contributed by atoms with Gasteiger partial charge in [-0.25, -0.2) is 0 Å². The quantitative estimate of drug-likeness (QED) is 0.0504. The predicted octanol–water partition coefficient (Wildman–Crippen LogP) is 12.2. The molecule has 0 aromatic heterocycles. The maximum atomic E-state index is 7.52. The molecule has 0 amide bonds. The van der Waals surface area contributed by atoms with Gasteiger partial charge in [0, 0.05) is 0 Å². The van der Waals surface area contributed by atoms with Crippen LogP contribution < -0.4 is 0 Å². The summed E-state index contributed by atoms with van der Waals surface area (Å²) in [5.74, 6) is 0. The standard InChI is InChI=1S/3C12H26N.C2H5O.Ti/c3*1-3-5-7-9-11-13-12-10-8-6-4-2;1-2-3;/h3*3-12H2,1-2H3;2H2,1H3;/q4*-1;+4. The van der Waals surface area contributed by atoms with Crippen molar-refractivity contribution in [3.05, 3.63) is 0 Å². The first-order valence-electron chi connectivity index (χ1n) is 20.0. The second-order valence-electron chi connectivity index (χ2n) is 13.3. The van der Waals surface area contributed by atoms with Gasteiger partial charge in [-0.3, -0.25) is 0 Å². The Balaban J connectivity index is 6.74. The van der Waals surface area contributed by atoms with Crippen LogP contribution >= 0.6 is 0 Å². The molecule has 260 valence electrons. The molecule has 0 rings (SSSR count). The first-order chi connectivity index (χ1) is 21.1. The number of unbranched alkanes of at least 4 members (excludes halogenated alkanes) is 18. The predicted molar refractivity (Wildman–Crippen MR) is 191 cm³/mol. The zero-order chi connectivity index (χ0) is 31.9. The molecule has 0 aromatic carbocycles. The molecule has 0 aliphatic heterocycles. The van der Waals surface area contributed by atoms with Crippen LogP contribution in [-0.2, 0) is 21.1 Å². The van der Waals surface area contributed by atoms with Crippen LogP contribution in [0.1, 0.15) is 203 Å². The van der Waals surface area contributed by atoms with Crippen LogP contribution in [0.4, 0.5) is 0 Å². The SMILES string of the molecule is CCCCCC[N](CCCCCC)[Ti]([O]CC)([N](CCCCCC)CCCCCC)[N](CCCCCC)CCCCCC. The second-order valence-corrected chi connectivity index (χ2v) is 18.5. The molecule has 0 spiro atoms. The van der Waals surface area contributed by atoms with Crippen LogP contribution in [0.2, 0.25) is 0 Å². The van der Waals surface area contributed by atoms with E-state index >= 15 is 0 Å². The molecular weight excluding hydrogens is 562 g/mol. The van der Waals surface area contributed by atoms with E-state index in [0.29, 0.717) is 0 Å². The molecule has 0 atom stereocenters. The van der Waals surface area contributed by atoms with Gasteiger partial charge in [0.2, 0.25) is 0 Å². The van der Waals surface area contributed by atoms with Crippen molar-refractivity contribution >= 4 is 0 Å². The number of rotatable bonds is 35. The fourth-order valence-electron chi connectivity index (χ4n) is 6.65. The van der Waals surface area contributed by atoms with E-state index in [4.69, 9.17) is 3.32 Å². The molecule has 0 aromatic rings. The van der Waals surface area contributed by atoms with Crippen molar-refractivity contribution in [1.29, 1.82) is 0 Å². The van der Waals surface area contributed by atoms with E-state index in [2.05, 4.69) is 58.6 Å². The Morgan fingerprint density at radius 3 is 0.674 bits per heavy atom. The van der Waals surface area contributed by atoms with E-state index in [1.807, 2.05) is 0 Å². The van der Waals surface area contributed by atoms with Crippen LogP contribution in [0.3, 0.4) is 0 Å². The van der Waals surface area contributed by atoms with Crippen molar-refractivity contribution in [2.75, 3.05) is 45.9 Å². The molecule has 43 heavy (non-hydrogen) atoms. The summed E-state index contributed by atoms with van der Waals surface area (Å²) in [5, 5.41) is 0. The third-order valence-corrected chi connectivity index (χ3v) is 16.3. The van der Waals surface area contributed by atoms with E-state index in [1.54, 1.807) is 0 Å². The van der Waals surface area contributed by atoms with Gasteiger partial charge in [-0.15, -0.1) is 0 Å². The Kier molecular flexibility index (Phi) is 32.9. The molecule has 0 saturated carbocycles. The van der Waals surface area contributed by atoms with Crippen LogP contribution in [-0.4, -0.2) is 56.0 Å². The Labute approximate surface area is 278 Å². The minimum absolute atomic E-state index is 0.862. The normalized spacial score (nSPS) is 12.4. The fraction of sp³-hybridized carbons (Fsp3) is 1.00. The third kappa shape index (κ3) is 20.4. The Morgan fingerprint density at radius 1 is 0.302 bits per heavy atom. The van der Waals surface area contributed by atoms with Gasteiger partial charge in [-0.1, -0.05) is 0 Å². The Hall–Kier alpha value is 0.554. The molecule has 0 fully saturated rings. The van der Waals surface area contributed by atoms with Crippen LogP contribution in [0.5, 0.6) is 0 Å². The molecule has 0 radical (unpaired) electrons. The summed E-state index contributed by atoms with van der Waals surface area (Å²) < 4.78 is 16.7. The van der Waals surface area contributed by atoms with E-state index < -0.39 is 17.7 Å². The van der Waals surface area contributed by atoms with Crippen LogP contribution in [0.15, 0.2) is 0 Å². The van der Waals surface area contributed by atoms with E-state index in [-0.39, 0.29) is 0 Å². The first-order valence-corrected chi connectivity index (χ1v) is 22.7. The average molecular weight is 646 g/mol. The summed E-state index contributed by atoms with van der Waals surface area (Å²) in [4.78, 5) is 0. The number of hydrogen-bond donors (Lipinski definition) is 0. The first kappa shape index (κ1) is 43.6. The van der Waals surface area contributed by atoms with Gasteiger partial charge in [0.25, 0.3) is 0 Å². The van der Waals surface area contributed by atoms with E-state index in [0.717, 1.165) is 6.61 Å². The third-order valence-electron chi connectivity index (χ3n) is 9.26. The van der Waals surface area contributed by atoms with Crippen molar-refractivity contribution < 1.29 is 21.1 Å². The molecule has 0 N–H and O–H groups in total. The second kappa shape index (κ2) is 32.5. The summed E-state index contributed by atoms with van der Waals surface area (Å²) in [5.41, 5.74) is 0. The summed E-state index contributed by atoms with van der Waals surface area (Å²) in [6.45, 7) is 24.8. The van der Waals surface area contributed by atoms with Crippen LogP contribution in [0.25, 0.3) is 0 Å². The summed E-state index contributed by atoms with van der Waals surface area (Å²) >= 11 is -3.29. The molecular formula is C38H83N3OTi. The molecule has 0 unspecified atom stereocenters. The van der Waals surface area contributed by atoms with Crippen molar-refractivity contribution in [2.45, 2.75) is 203 Å². The summed E-state index contributed by atoms with van der Waals surface area (Å²) in [7, 11) is 0. The molecule has 0 heterocycles. The molecule has 0 aliphatic rings. The van der Waals surface area contributed by atoms with Crippen molar-refractivity contribution in [1.82, 2.24) is 10.1 Å².